The largest absolute Gasteiger partial charge is 0.312 e. The molecule has 0 aromatic carbocycles. The van der Waals surface area contributed by atoms with Crippen molar-refractivity contribution < 1.29 is 0 Å². The van der Waals surface area contributed by atoms with E-state index in [1.54, 1.807) is 11.3 Å². The van der Waals surface area contributed by atoms with E-state index < -0.39 is 0 Å². The Balaban J connectivity index is 2.50. The van der Waals surface area contributed by atoms with Crippen molar-refractivity contribution in [2.75, 3.05) is 7.05 Å². The fourth-order valence-electron chi connectivity index (χ4n) is 0.976. The minimum atomic E-state index is 0.365. The average Bonchev–Trinajstić information content (AvgIpc) is 2.62. The van der Waals surface area contributed by atoms with Crippen LogP contribution in [0.15, 0.2) is 5.38 Å². The zero-order valence-corrected chi connectivity index (χ0v) is 10.8. The number of nitrogens with zero attached hydrogens (tertiary/aromatic N) is 1. The van der Waals surface area contributed by atoms with Gasteiger partial charge in [0.15, 0.2) is 0 Å². The van der Waals surface area contributed by atoms with Crippen molar-refractivity contribution in [1.82, 2.24) is 10.3 Å². The summed E-state index contributed by atoms with van der Waals surface area (Å²) in [4.78, 5) is 4.59. The summed E-state index contributed by atoms with van der Waals surface area (Å²) in [5.41, 5.74) is 1.16. The minimum absolute atomic E-state index is 0.365. The van der Waals surface area contributed by atoms with Gasteiger partial charge in [0, 0.05) is 17.2 Å². The summed E-state index contributed by atoms with van der Waals surface area (Å²) < 4.78 is 0. The van der Waals surface area contributed by atoms with E-state index in [1.165, 1.54) is 5.01 Å². The molecule has 0 saturated carbocycles. The molecule has 0 spiro atoms. The molecule has 14 heavy (non-hydrogen) atoms. The Hall–Kier alpha value is -0.0600. The van der Waals surface area contributed by atoms with E-state index in [2.05, 4.69) is 36.5 Å². The van der Waals surface area contributed by atoms with Crippen LogP contribution >= 0.6 is 23.1 Å². The Morgan fingerprint density at radius 2 is 2.21 bits per heavy atom. The quantitative estimate of drug-likeness (QED) is 0.841. The Labute approximate surface area is 94.5 Å². The first-order chi connectivity index (χ1) is 6.63. The number of aromatic nitrogens is 1. The van der Waals surface area contributed by atoms with E-state index in [-0.39, 0.29) is 0 Å². The predicted octanol–water partition coefficient (Wildman–Crippen LogP) is 3.07. The maximum atomic E-state index is 4.59. The molecule has 0 aliphatic heterocycles. The Bertz CT molecular complexity index is 271. The summed E-state index contributed by atoms with van der Waals surface area (Å²) in [6.07, 6.45) is 0. The van der Waals surface area contributed by atoms with Gasteiger partial charge >= 0.3 is 0 Å². The summed E-state index contributed by atoms with van der Waals surface area (Å²) in [6, 6.07) is 0.365. The van der Waals surface area contributed by atoms with Crippen LogP contribution in [0.2, 0.25) is 0 Å². The lowest BCUT2D eigenvalue weighted by Crippen LogP contribution is -2.12. The lowest BCUT2D eigenvalue weighted by molar-refractivity contribution is 0.635. The summed E-state index contributed by atoms with van der Waals surface area (Å²) in [7, 11) is 1.96. The van der Waals surface area contributed by atoms with Crippen molar-refractivity contribution in [3.05, 3.63) is 16.1 Å². The fourth-order valence-corrected chi connectivity index (χ4v) is 2.66. The molecule has 0 bridgehead atoms. The van der Waals surface area contributed by atoms with Crippen molar-refractivity contribution in [2.45, 2.75) is 37.8 Å². The summed E-state index contributed by atoms with van der Waals surface area (Å²) in [5.74, 6) is 1.04. The topological polar surface area (TPSA) is 24.9 Å². The van der Waals surface area contributed by atoms with E-state index in [0.29, 0.717) is 11.3 Å². The molecule has 1 unspecified atom stereocenters. The van der Waals surface area contributed by atoms with Gasteiger partial charge in [0.05, 0.1) is 5.69 Å². The predicted molar refractivity (Wildman–Crippen MR) is 66.0 cm³/mol. The molecule has 4 heteroatoms. The molecule has 0 saturated heterocycles. The lowest BCUT2D eigenvalue weighted by Gasteiger charge is -2.05. The van der Waals surface area contributed by atoms with Gasteiger partial charge in [-0.15, -0.1) is 11.3 Å². The maximum Gasteiger partial charge on any atom is 0.103 e. The van der Waals surface area contributed by atoms with Gasteiger partial charge in [-0.25, -0.2) is 4.98 Å². The Morgan fingerprint density at radius 1 is 1.50 bits per heavy atom. The van der Waals surface area contributed by atoms with Gasteiger partial charge in [0.25, 0.3) is 0 Å². The Kier molecular flexibility index (Phi) is 4.92. The van der Waals surface area contributed by atoms with Crippen LogP contribution in [0.5, 0.6) is 0 Å². The molecular formula is C10H18N2S2. The zero-order valence-electron chi connectivity index (χ0n) is 9.20. The molecule has 0 aliphatic carbocycles. The number of hydrogen-bond acceptors (Lipinski definition) is 4. The van der Waals surface area contributed by atoms with Crippen LogP contribution in [0, 0.1) is 0 Å². The average molecular weight is 230 g/mol. The van der Waals surface area contributed by atoms with E-state index in [4.69, 9.17) is 0 Å². The molecule has 0 aliphatic rings. The molecule has 2 nitrogen and oxygen atoms in total. The van der Waals surface area contributed by atoms with E-state index in [9.17, 15) is 0 Å². The van der Waals surface area contributed by atoms with Gasteiger partial charge in [-0.2, -0.15) is 11.8 Å². The van der Waals surface area contributed by atoms with Crippen molar-refractivity contribution in [1.29, 1.82) is 0 Å². The van der Waals surface area contributed by atoms with Crippen LogP contribution < -0.4 is 5.32 Å². The summed E-state index contributed by atoms with van der Waals surface area (Å²) in [6.45, 7) is 6.57. The van der Waals surface area contributed by atoms with Crippen LogP contribution in [-0.4, -0.2) is 17.3 Å². The van der Waals surface area contributed by atoms with Crippen molar-refractivity contribution >= 4 is 23.1 Å². The molecule has 1 heterocycles. The monoisotopic (exact) mass is 230 g/mol. The smallest absolute Gasteiger partial charge is 0.103 e. The van der Waals surface area contributed by atoms with Crippen LogP contribution in [0.1, 0.15) is 37.5 Å². The van der Waals surface area contributed by atoms with Crippen LogP contribution in [0.25, 0.3) is 0 Å². The maximum absolute atomic E-state index is 4.59. The van der Waals surface area contributed by atoms with E-state index in [1.807, 2.05) is 18.8 Å². The highest BCUT2D eigenvalue weighted by Gasteiger charge is 2.08. The summed E-state index contributed by atoms with van der Waals surface area (Å²) >= 11 is 3.71. The van der Waals surface area contributed by atoms with Gasteiger partial charge in [-0.3, -0.25) is 0 Å². The first kappa shape index (κ1) is 12.0. The molecule has 1 rings (SSSR count). The highest BCUT2D eigenvalue weighted by Crippen LogP contribution is 2.22. The molecule has 0 amide bonds. The van der Waals surface area contributed by atoms with Crippen LogP contribution in [-0.2, 0) is 5.75 Å². The fraction of sp³-hybridized carbons (Fsp3) is 0.700. The third-order valence-electron chi connectivity index (χ3n) is 1.99. The van der Waals surface area contributed by atoms with Crippen LogP contribution in [0.4, 0.5) is 0 Å². The first-order valence-electron chi connectivity index (χ1n) is 4.86. The number of nitrogens with one attached hydrogen (secondary N) is 1. The van der Waals surface area contributed by atoms with Gasteiger partial charge in [0.1, 0.15) is 5.01 Å². The number of thiazole rings is 1. The molecule has 0 radical (unpaired) electrons. The molecule has 1 N–H and O–H groups in total. The minimum Gasteiger partial charge on any atom is -0.312 e. The standard InChI is InChI=1S/C10H18N2S2/c1-7(2)13-6-10-12-9(5-14-10)8(3)11-4/h5,7-8,11H,6H2,1-4H3. The number of thioether (sulfide) groups is 1. The lowest BCUT2D eigenvalue weighted by atomic mass is 10.3. The highest BCUT2D eigenvalue weighted by atomic mass is 32.2. The number of hydrogen-bond donors (Lipinski definition) is 1. The zero-order chi connectivity index (χ0) is 10.6. The van der Waals surface area contributed by atoms with Crippen molar-refractivity contribution in [3.8, 4) is 0 Å². The van der Waals surface area contributed by atoms with Crippen molar-refractivity contribution in [2.24, 2.45) is 0 Å². The van der Waals surface area contributed by atoms with E-state index in [0.717, 1.165) is 11.4 Å². The normalized spacial score (nSPS) is 13.5. The third-order valence-corrected chi connectivity index (χ3v) is 4.14. The van der Waals surface area contributed by atoms with Gasteiger partial charge in [-0.1, -0.05) is 13.8 Å². The Morgan fingerprint density at radius 3 is 2.79 bits per heavy atom. The number of rotatable bonds is 5. The van der Waals surface area contributed by atoms with Gasteiger partial charge < -0.3 is 5.32 Å². The van der Waals surface area contributed by atoms with Crippen molar-refractivity contribution in [3.63, 3.8) is 0 Å². The molecule has 1 aromatic heterocycles. The highest BCUT2D eigenvalue weighted by molar-refractivity contribution is 7.99. The van der Waals surface area contributed by atoms with Gasteiger partial charge in [0.2, 0.25) is 0 Å². The molecule has 0 fully saturated rings. The molecule has 80 valence electrons. The molecular weight excluding hydrogens is 212 g/mol. The molecule has 1 atom stereocenters. The SMILES string of the molecule is CNC(C)c1csc(CSC(C)C)n1. The third kappa shape index (κ3) is 3.59. The summed E-state index contributed by atoms with van der Waals surface area (Å²) in [5, 5.41) is 7.27. The second kappa shape index (κ2) is 5.73. The first-order valence-corrected chi connectivity index (χ1v) is 6.79. The second-order valence-electron chi connectivity index (χ2n) is 3.54. The molecule has 1 aromatic rings. The van der Waals surface area contributed by atoms with Gasteiger partial charge in [-0.05, 0) is 19.2 Å². The van der Waals surface area contributed by atoms with E-state index >= 15 is 0 Å². The van der Waals surface area contributed by atoms with Crippen LogP contribution in [0.3, 0.4) is 0 Å². The second-order valence-corrected chi connectivity index (χ2v) is 6.04.